The van der Waals surface area contributed by atoms with Crippen LogP contribution in [0, 0.1) is 19.0 Å². The Bertz CT molecular complexity index is 603. The van der Waals surface area contributed by atoms with Crippen LogP contribution in [0.4, 0.5) is 8.78 Å². The van der Waals surface area contributed by atoms with Crippen molar-refractivity contribution in [1.82, 2.24) is 9.97 Å². The number of hydrogen-bond acceptors (Lipinski definition) is 5. The lowest BCUT2D eigenvalue weighted by molar-refractivity contribution is 0.0501. The Balaban J connectivity index is 0.000000219. The van der Waals surface area contributed by atoms with E-state index in [1.165, 1.54) is 19.4 Å². The summed E-state index contributed by atoms with van der Waals surface area (Å²) in [6.45, 7) is 0.142. The lowest BCUT2D eigenvalue weighted by Crippen LogP contribution is -2.01. The van der Waals surface area contributed by atoms with Gasteiger partial charge in [0.15, 0.2) is 12.5 Å². The molecule has 0 unspecified atom stereocenters. The Hall–Kier alpha value is -0.820. The third kappa shape index (κ3) is 6.65. The number of ether oxygens (including phenoxy) is 2. The standard InChI is InChI=1S/C7H7FINO2.C5H3FINO/c1-11-4-12-6-3-10-7(8)2-5(6)9;6-5-1-3(7)4(9)2-8-5/h2-3H,4H2,1H3;1-2,9H. The van der Waals surface area contributed by atoms with Crippen LogP contribution in [0.1, 0.15) is 0 Å². The van der Waals surface area contributed by atoms with Crippen LogP contribution >= 0.6 is 45.2 Å². The van der Waals surface area contributed by atoms with E-state index in [-0.39, 0.29) is 12.5 Å². The Morgan fingerprint density at radius 2 is 1.67 bits per heavy atom. The number of pyridine rings is 2. The van der Waals surface area contributed by atoms with E-state index in [1.54, 1.807) is 0 Å². The number of hydrogen-bond donors (Lipinski definition) is 1. The summed E-state index contributed by atoms with van der Waals surface area (Å²) < 4.78 is 35.5. The van der Waals surface area contributed by atoms with Gasteiger partial charge in [0.2, 0.25) is 11.9 Å². The first-order valence-corrected chi connectivity index (χ1v) is 7.52. The predicted octanol–water partition coefficient (Wildman–Crippen LogP) is 3.34. The number of aromatic hydroxyl groups is 1. The molecule has 114 valence electrons. The molecule has 2 heterocycles. The number of halogens is 4. The summed E-state index contributed by atoms with van der Waals surface area (Å²) in [5, 5.41) is 8.81. The lowest BCUT2D eigenvalue weighted by atomic mass is 10.5. The Labute approximate surface area is 147 Å². The highest BCUT2D eigenvalue weighted by Crippen LogP contribution is 2.19. The molecule has 2 aromatic heterocycles. The largest absolute Gasteiger partial charge is 0.505 e. The second-order valence-electron chi connectivity index (χ2n) is 3.45. The molecule has 0 amide bonds. The zero-order valence-electron chi connectivity index (χ0n) is 10.7. The monoisotopic (exact) mass is 522 g/mol. The minimum atomic E-state index is -0.572. The summed E-state index contributed by atoms with van der Waals surface area (Å²) in [5.74, 6) is -0.544. The van der Waals surface area contributed by atoms with E-state index in [2.05, 4.69) is 14.7 Å². The number of aromatic nitrogens is 2. The van der Waals surface area contributed by atoms with E-state index in [4.69, 9.17) is 9.84 Å². The van der Waals surface area contributed by atoms with Gasteiger partial charge < -0.3 is 14.6 Å². The van der Waals surface area contributed by atoms with Crippen molar-refractivity contribution in [3.8, 4) is 11.5 Å². The van der Waals surface area contributed by atoms with Crippen molar-refractivity contribution in [3.63, 3.8) is 0 Å². The summed E-state index contributed by atoms with van der Waals surface area (Å²) in [7, 11) is 1.52. The molecule has 0 aromatic carbocycles. The fraction of sp³-hybridized carbons (Fsp3) is 0.167. The summed E-state index contributed by atoms with van der Waals surface area (Å²) >= 11 is 3.79. The molecule has 0 saturated carbocycles. The molecule has 2 aromatic rings. The minimum absolute atomic E-state index is 0.0111. The molecule has 0 fully saturated rings. The summed E-state index contributed by atoms with van der Waals surface area (Å²) in [6, 6.07) is 2.46. The SMILES string of the molecule is COCOc1cnc(F)cc1I.Oc1cnc(F)cc1I. The fourth-order valence-corrected chi connectivity index (χ4v) is 1.97. The molecule has 9 heteroatoms. The molecule has 0 atom stereocenters. The van der Waals surface area contributed by atoms with Gasteiger partial charge >= 0.3 is 0 Å². The van der Waals surface area contributed by atoms with Crippen molar-refractivity contribution in [3.05, 3.63) is 43.6 Å². The Morgan fingerprint density at radius 3 is 2.14 bits per heavy atom. The van der Waals surface area contributed by atoms with Crippen LogP contribution in [0.2, 0.25) is 0 Å². The first kappa shape index (κ1) is 18.2. The molecule has 0 aliphatic carbocycles. The second-order valence-corrected chi connectivity index (χ2v) is 5.77. The van der Waals surface area contributed by atoms with Gasteiger partial charge in [0.1, 0.15) is 5.75 Å². The maximum Gasteiger partial charge on any atom is 0.214 e. The number of rotatable bonds is 3. The van der Waals surface area contributed by atoms with Crippen LogP contribution < -0.4 is 4.74 Å². The van der Waals surface area contributed by atoms with Gasteiger partial charge in [0.25, 0.3) is 0 Å². The van der Waals surface area contributed by atoms with Crippen LogP contribution in [0.15, 0.2) is 24.5 Å². The van der Waals surface area contributed by atoms with E-state index in [1.807, 2.05) is 45.2 Å². The maximum atomic E-state index is 12.5. The van der Waals surface area contributed by atoms with Crippen LogP contribution in [0.3, 0.4) is 0 Å². The predicted molar refractivity (Wildman–Crippen MR) is 88.0 cm³/mol. The molecule has 0 bridgehead atoms. The van der Waals surface area contributed by atoms with Crippen molar-refractivity contribution in [2.45, 2.75) is 0 Å². The number of nitrogens with zero attached hydrogens (tertiary/aromatic N) is 2. The summed E-state index contributed by atoms with van der Waals surface area (Å²) in [6.07, 6.45) is 2.41. The van der Waals surface area contributed by atoms with E-state index in [0.29, 0.717) is 12.9 Å². The van der Waals surface area contributed by atoms with Crippen LogP contribution in [-0.2, 0) is 4.74 Å². The molecule has 0 spiro atoms. The summed E-state index contributed by atoms with van der Waals surface area (Å²) in [5.41, 5.74) is 0. The van der Waals surface area contributed by atoms with Gasteiger partial charge in [-0.15, -0.1) is 0 Å². The van der Waals surface area contributed by atoms with Gasteiger partial charge in [-0.3, -0.25) is 0 Å². The molecule has 2 rings (SSSR count). The zero-order chi connectivity index (χ0) is 15.8. The van der Waals surface area contributed by atoms with Crippen molar-refractivity contribution < 1.29 is 23.4 Å². The maximum absolute atomic E-state index is 12.5. The van der Waals surface area contributed by atoms with E-state index in [9.17, 15) is 8.78 Å². The van der Waals surface area contributed by atoms with E-state index in [0.717, 1.165) is 12.3 Å². The van der Waals surface area contributed by atoms with Gasteiger partial charge in [-0.05, 0) is 45.2 Å². The van der Waals surface area contributed by atoms with Crippen molar-refractivity contribution in [1.29, 1.82) is 0 Å². The fourth-order valence-electron chi connectivity index (χ4n) is 1.02. The molecule has 1 N–H and O–H groups in total. The minimum Gasteiger partial charge on any atom is -0.505 e. The molecule has 0 saturated heterocycles. The van der Waals surface area contributed by atoms with Crippen LogP contribution in [-0.4, -0.2) is 29.0 Å². The van der Waals surface area contributed by atoms with Crippen LogP contribution in [0.5, 0.6) is 11.5 Å². The first-order chi connectivity index (χ1) is 9.93. The summed E-state index contributed by atoms with van der Waals surface area (Å²) in [4.78, 5) is 6.66. The smallest absolute Gasteiger partial charge is 0.214 e. The molecule has 0 aliphatic heterocycles. The lowest BCUT2D eigenvalue weighted by Gasteiger charge is -2.05. The van der Waals surface area contributed by atoms with Gasteiger partial charge in [-0.2, -0.15) is 8.78 Å². The normalized spacial score (nSPS) is 9.76. The van der Waals surface area contributed by atoms with E-state index < -0.39 is 11.9 Å². The van der Waals surface area contributed by atoms with Crippen LogP contribution in [0.25, 0.3) is 0 Å². The Kier molecular flexibility index (Phi) is 8.03. The van der Waals surface area contributed by atoms with Gasteiger partial charge in [-0.1, -0.05) is 0 Å². The molecular formula is C12H10F2I2N2O3. The van der Waals surface area contributed by atoms with Gasteiger partial charge in [-0.25, -0.2) is 9.97 Å². The average molecular weight is 522 g/mol. The van der Waals surface area contributed by atoms with Gasteiger partial charge in [0, 0.05) is 19.2 Å². The highest BCUT2D eigenvalue weighted by atomic mass is 127. The van der Waals surface area contributed by atoms with Crippen molar-refractivity contribution in [2.24, 2.45) is 0 Å². The molecule has 0 aliphatic rings. The van der Waals surface area contributed by atoms with E-state index >= 15 is 0 Å². The third-order valence-corrected chi connectivity index (χ3v) is 3.63. The van der Waals surface area contributed by atoms with Gasteiger partial charge in [0.05, 0.1) is 19.5 Å². The quantitative estimate of drug-likeness (QED) is 0.381. The molecule has 21 heavy (non-hydrogen) atoms. The number of methoxy groups -OCH3 is 1. The highest BCUT2D eigenvalue weighted by Gasteiger charge is 2.02. The van der Waals surface area contributed by atoms with Crippen molar-refractivity contribution in [2.75, 3.05) is 13.9 Å². The van der Waals surface area contributed by atoms with Crippen molar-refractivity contribution >= 4 is 45.2 Å². The Morgan fingerprint density at radius 1 is 1.10 bits per heavy atom. The molecular weight excluding hydrogens is 512 g/mol. The average Bonchev–Trinajstić information content (AvgIpc) is 2.43. The highest BCUT2D eigenvalue weighted by molar-refractivity contribution is 14.1. The topological polar surface area (TPSA) is 64.5 Å². The zero-order valence-corrected chi connectivity index (χ0v) is 15.0. The second kappa shape index (κ2) is 9.25. The third-order valence-electron chi connectivity index (χ3n) is 1.92. The first-order valence-electron chi connectivity index (χ1n) is 5.36. The molecule has 0 radical (unpaired) electrons. The molecule has 5 nitrogen and oxygen atoms in total.